The molecular formula is C11H16FNO2. The van der Waals surface area contributed by atoms with E-state index in [-0.39, 0.29) is 13.0 Å². The number of halogens is 1. The second kappa shape index (κ2) is 4.47. The van der Waals surface area contributed by atoms with E-state index in [1.165, 1.54) is 13.8 Å². The van der Waals surface area contributed by atoms with E-state index >= 15 is 0 Å². The second-order valence-electron chi connectivity index (χ2n) is 4.24. The molecule has 0 aromatic carbocycles. The minimum Gasteiger partial charge on any atom is -0.481 e. The van der Waals surface area contributed by atoms with Crippen LogP contribution in [0.3, 0.4) is 0 Å². The van der Waals surface area contributed by atoms with Crippen LogP contribution in [0.4, 0.5) is 4.39 Å². The highest BCUT2D eigenvalue weighted by molar-refractivity contribution is 5.66. The van der Waals surface area contributed by atoms with Crippen molar-refractivity contribution >= 4 is 5.97 Å². The van der Waals surface area contributed by atoms with Gasteiger partial charge in [-0.3, -0.25) is 4.79 Å². The van der Waals surface area contributed by atoms with Crippen LogP contribution in [-0.4, -0.2) is 21.3 Å². The molecule has 15 heavy (non-hydrogen) atoms. The molecule has 0 aliphatic heterocycles. The topological polar surface area (TPSA) is 42.2 Å². The fraction of sp³-hybridized carbons (Fsp3) is 0.545. The molecule has 84 valence electrons. The third kappa shape index (κ3) is 4.14. The molecule has 1 aromatic rings. The number of nitrogens with zero attached hydrogens (tertiary/aromatic N) is 1. The van der Waals surface area contributed by atoms with Crippen molar-refractivity contribution in [1.29, 1.82) is 0 Å². The first-order valence-electron chi connectivity index (χ1n) is 4.93. The van der Waals surface area contributed by atoms with E-state index in [0.717, 1.165) is 5.69 Å². The summed E-state index contributed by atoms with van der Waals surface area (Å²) in [6.07, 6.45) is 2.30. The summed E-state index contributed by atoms with van der Waals surface area (Å²) in [5.41, 5.74) is -0.417. The summed E-state index contributed by atoms with van der Waals surface area (Å²) < 4.78 is 15.2. The summed E-state index contributed by atoms with van der Waals surface area (Å²) in [6.45, 7) is 3.27. The molecule has 4 heteroatoms. The first-order valence-corrected chi connectivity index (χ1v) is 4.93. The Bertz CT molecular complexity index is 339. The number of rotatable bonds is 5. The summed E-state index contributed by atoms with van der Waals surface area (Å²) in [5, 5.41) is 8.55. The van der Waals surface area contributed by atoms with E-state index in [9.17, 15) is 9.18 Å². The molecule has 0 unspecified atom stereocenters. The molecule has 0 aliphatic rings. The van der Waals surface area contributed by atoms with Gasteiger partial charge in [0.15, 0.2) is 0 Å². The highest BCUT2D eigenvalue weighted by atomic mass is 19.1. The maximum Gasteiger partial charge on any atom is 0.303 e. The average molecular weight is 213 g/mol. The molecule has 0 spiro atoms. The Labute approximate surface area is 88.5 Å². The maximum absolute atomic E-state index is 13.4. The lowest BCUT2D eigenvalue weighted by Crippen LogP contribution is -2.21. The van der Waals surface area contributed by atoms with Crippen molar-refractivity contribution in [1.82, 2.24) is 4.57 Å². The van der Waals surface area contributed by atoms with Crippen LogP contribution in [0.2, 0.25) is 0 Å². The van der Waals surface area contributed by atoms with Crippen molar-refractivity contribution in [2.75, 3.05) is 0 Å². The van der Waals surface area contributed by atoms with Crippen LogP contribution in [0.5, 0.6) is 0 Å². The fourth-order valence-corrected chi connectivity index (χ4v) is 1.47. The number of aromatic nitrogens is 1. The quantitative estimate of drug-likeness (QED) is 0.815. The van der Waals surface area contributed by atoms with Gasteiger partial charge in [-0.25, -0.2) is 4.39 Å². The van der Waals surface area contributed by atoms with Crippen LogP contribution in [0, 0.1) is 0 Å². The smallest absolute Gasteiger partial charge is 0.303 e. The van der Waals surface area contributed by atoms with Gasteiger partial charge in [-0.1, -0.05) is 0 Å². The van der Waals surface area contributed by atoms with E-state index in [4.69, 9.17) is 5.11 Å². The van der Waals surface area contributed by atoms with E-state index < -0.39 is 11.6 Å². The van der Waals surface area contributed by atoms with Gasteiger partial charge in [0.25, 0.3) is 0 Å². The molecule has 3 nitrogen and oxygen atoms in total. The summed E-state index contributed by atoms with van der Waals surface area (Å²) in [4.78, 5) is 10.4. The number of carboxylic acids is 1. The number of hydrogen-bond acceptors (Lipinski definition) is 1. The summed E-state index contributed by atoms with van der Waals surface area (Å²) >= 11 is 0. The molecule has 0 aliphatic carbocycles. The second-order valence-corrected chi connectivity index (χ2v) is 4.24. The molecule has 0 bridgehead atoms. The molecule has 0 atom stereocenters. The molecule has 1 heterocycles. The van der Waals surface area contributed by atoms with E-state index in [1.54, 1.807) is 10.8 Å². The monoisotopic (exact) mass is 213 g/mol. The van der Waals surface area contributed by atoms with Crippen molar-refractivity contribution < 1.29 is 14.3 Å². The lowest BCUT2D eigenvalue weighted by molar-refractivity contribution is -0.136. The first kappa shape index (κ1) is 11.8. The Morgan fingerprint density at radius 2 is 2.27 bits per heavy atom. The van der Waals surface area contributed by atoms with Crippen LogP contribution < -0.4 is 0 Å². The van der Waals surface area contributed by atoms with Crippen molar-refractivity contribution in [3.63, 3.8) is 0 Å². The van der Waals surface area contributed by atoms with Crippen molar-refractivity contribution in [2.45, 2.75) is 38.9 Å². The average Bonchev–Trinajstić information content (AvgIpc) is 2.45. The zero-order valence-electron chi connectivity index (χ0n) is 9.03. The van der Waals surface area contributed by atoms with E-state index in [1.807, 2.05) is 12.1 Å². The third-order valence-corrected chi connectivity index (χ3v) is 2.06. The summed E-state index contributed by atoms with van der Waals surface area (Å²) in [5.74, 6) is -0.831. The minimum absolute atomic E-state index is 0.0801. The van der Waals surface area contributed by atoms with Gasteiger partial charge in [-0.15, -0.1) is 0 Å². The number of aliphatic carboxylic acids is 1. The molecule has 1 rings (SSSR count). The summed E-state index contributed by atoms with van der Waals surface area (Å²) in [6, 6.07) is 3.64. The predicted octanol–water partition coefficient (Wildman–Crippen LogP) is 2.25. The molecule has 1 aromatic heterocycles. The van der Waals surface area contributed by atoms with Gasteiger partial charge in [0.05, 0.1) is 13.0 Å². The van der Waals surface area contributed by atoms with Gasteiger partial charge in [0, 0.05) is 11.9 Å². The lowest BCUT2D eigenvalue weighted by Gasteiger charge is -2.17. The molecular weight excluding hydrogens is 197 g/mol. The number of carbonyl (C=O) groups is 1. The Morgan fingerprint density at radius 1 is 1.60 bits per heavy atom. The minimum atomic E-state index is -1.28. The number of aryl methyl sites for hydroxylation is 1. The molecule has 0 amide bonds. The van der Waals surface area contributed by atoms with Crippen molar-refractivity contribution in [3.8, 4) is 0 Å². The van der Waals surface area contributed by atoms with Crippen molar-refractivity contribution in [3.05, 3.63) is 24.0 Å². The molecule has 0 fully saturated rings. The fourth-order valence-electron chi connectivity index (χ4n) is 1.47. The number of hydrogen-bond donors (Lipinski definition) is 1. The highest BCUT2D eigenvalue weighted by Gasteiger charge is 2.17. The van der Waals surface area contributed by atoms with Gasteiger partial charge in [-0.2, -0.15) is 0 Å². The largest absolute Gasteiger partial charge is 0.481 e. The summed E-state index contributed by atoms with van der Waals surface area (Å²) in [7, 11) is 0. The number of carboxylic acid groups (broad SMARTS) is 1. The maximum atomic E-state index is 13.4. The van der Waals surface area contributed by atoms with Crippen LogP contribution in [-0.2, 0) is 17.8 Å². The Hall–Kier alpha value is -1.32. The molecule has 0 radical (unpaired) electrons. The molecule has 1 N–H and O–H groups in total. The third-order valence-electron chi connectivity index (χ3n) is 2.06. The predicted molar refractivity (Wildman–Crippen MR) is 55.6 cm³/mol. The zero-order chi connectivity index (χ0) is 11.5. The van der Waals surface area contributed by atoms with E-state index in [2.05, 4.69) is 0 Å². The Morgan fingerprint density at radius 3 is 2.80 bits per heavy atom. The number of alkyl halides is 1. The Kier molecular flexibility index (Phi) is 3.50. The molecule has 0 saturated heterocycles. The zero-order valence-corrected chi connectivity index (χ0v) is 9.03. The van der Waals surface area contributed by atoms with Crippen LogP contribution >= 0.6 is 0 Å². The normalized spacial score (nSPS) is 11.7. The first-order chi connectivity index (χ1) is 6.88. The SMILES string of the molecule is CC(C)(F)Cn1cccc1CCC(=O)O. The van der Waals surface area contributed by atoms with Gasteiger partial charge in [0.1, 0.15) is 5.67 Å². The van der Waals surface area contributed by atoms with Crippen LogP contribution in [0.15, 0.2) is 18.3 Å². The van der Waals surface area contributed by atoms with Gasteiger partial charge >= 0.3 is 5.97 Å². The highest BCUT2D eigenvalue weighted by Crippen LogP contribution is 2.15. The lowest BCUT2D eigenvalue weighted by atomic mass is 10.1. The van der Waals surface area contributed by atoms with Gasteiger partial charge < -0.3 is 9.67 Å². The molecule has 0 saturated carbocycles. The standard InChI is InChI=1S/C11H16FNO2/c1-11(2,12)8-13-7-3-4-9(13)5-6-10(14)15/h3-4,7H,5-6,8H2,1-2H3,(H,14,15). The Balaban J connectivity index is 2.65. The van der Waals surface area contributed by atoms with Crippen LogP contribution in [0.25, 0.3) is 0 Å². The van der Waals surface area contributed by atoms with Gasteiger partial charge in [0.2, 0.25) is 0 Å². The van der Waals surface area contributed by atoms with Gasteiger partial charge in [-0.05, 0) is 32.4 Å². The van der Waals surface area contributed by atoms with Crippen LogP contribution in [0.1, 0.15) is 26.0 Å². The van der Waals surface area contributed by atoms with Crippen molar-refractivity contribution in [2.24, 2.45) is 0 Å². The van der Waals surface area contributed by atoms with E-state index in [0.29, 0.717) is 6.42 Å².